The summed E-state index contributed by atoms with van der Waals surface area (Å²) in [5.41, 5.74) is 1.29. The molecule has 132 valence electrons. The van der Waals surface area contributed by atoms with Crippen LogP contribution in [0, 0.1) is 0 Å². The number of hydrogen-bond donors (Lipinski definition) is 2. The van der Waals surface area contributed by atoms with Gasteiger partial charge in [0.2, 0.25) is 0 Å². The van der Waals surface area contributed by atoms with Crippen LogP contribution in [0.4, 0.5) is 0 Å². The minimum absolute atomic E-state index is 0.0621. The van der Waals surface area contributed by atoms with E-state index in [4.69, 9.17) is 0 Å². The second-order valence-corrected chi connectivity index (χ2v) is 5.97. The summed E-state index contributed by atoms with van der Waals surface area (Å²) in [4.78, 5) is 24.1. The normalized spacial score (nSPS) is 10.3. The molecule has 0 aromatic carbocycles. The maximum Gasteiger partial charge on any atom is 0.316 e. The van der Waals surface area contributed by atoms with Crippen molar-refractivity contribution in [2.24, 2.45) is 14.1 Å². The molecule has 2 aromatic rings. The van der Waals surface area contributed by atoms with Crippen molar-refractivity contribution in [2.75, 3.05) is 13.1 Å². The van der Waals surface area contributed by atoms with Crippen molar-refractivity contribution in [1.29, 1.82) is 0 Å². The first-order chi connectivity index (χ1) is 12.1. The first-order valence-corrected chi connectivity index (χ1v) is 8.55. The van der Waals surface area contributed by atoms with Crippen LogP contribution in [0.25, 0.3) is 0 Å². The van der Waals surface area contributed by atoms with Crippen LogP contribution in [0.1, 0.15) is 40.2 Å². The molecule has 6 heteroatoms. The monoisotopic (exact) mass is 342 g/mol. The van der Waals surface area contributed by atoms with Gasteiger partial charge in [0.1, 0.15) is 14.1 Å². The summed E-state index contributed by atoms with van der Waals surface area (Å²) in [5.74, 6) is -0.124. The Morgan fingerprint density at radius 3 is 1.60 bits per heavy atom. The molecule has 0 spiro atoms. The fraction of sp³-hybridized carbons (Fsp3) is 0.368. The van der Waals surface area contributed by atoms with Gasteiger partial charge in [-0.3, -0.25) is 9.59 Å². The molecule has 2 amide bonds. The summed E-state index contributed by atoms with van der Waals surface area (Å²) < 4.78 is 3.60. The SMILES string of the molecule is C[n+]1ccccc1C(=O)NCCCCCNC(=O)c1cccc[n+]1C. The van der Waals surface area contributed by atoms with Crippen LogP contribution >= 0.6 is 0 Å². The van der Waals surface area contributed by atoms with Gasteiger partial charge in [0, 0.05) is 37.4 Å². The molecule has 2 rings (SSSR count). The summed E-state index contributed by atoms with van der Waals surface area (Å²) in [6.07, 6.45) is 6.42. The highest BCUT2D eigenvalue weighted by atomic mass is 16.2. The van der Waals surface area contributed by atoms with Gasteiger partial charge in [-0.2, -0.15) is 9.13 Å². The lowest BCUT2D eigenvalue weighted by molar-refractivity contribution is -0.673. The quantitative estimate of drug-likeness (QED) is 0.547. The Bertz CT molecular complexity index is 669. The summed E-state index contributed by atoms with van der Waals surface area (Å²) in [5, 5.41) is 5.84. The van der Waals surface area contributed by atoms with Crippen molar-refractivity contribution < 1.29 is 18.7 Å². The minimum Gasteiger partial charge on any atom is -0.347 e. The number of amides is 2. The fourth-order valence-electron chi connectivity index (χ4n) is 2.53. The van der Waals surface area contributed by atoms with E-state index in [-0.39, 0.29) is 11.8 Å². The van der Waals surface area contributed by atoms with Gasteiger partial charge < -0.3 is 10.6 Å². The van der Waals surface area contributed by atoms with E-state index in [0.717, 1.165) is 19.3 Å². The molecule has 0 radical (unpaired) electrons. The van der Waals surface area contributed by atoms with Gasteiger partial charge in [-0.1, -0.05) is 0 Å². The number of unbranched alkanes of at least 4 members (excludes halogenated alkanes) is 2. The Hall–Kier alpha value is -2.76. The van der Waals surface area contributed by atoms with Crippen LogP contribution in [0.3, 0.4) is 0 Å². The molecule has 2 heterocycles. The van der Waals surface area contributed by atoms with Gasteiger partial charge in [-0.25, -0.2) is 0 Å². The molecule has 0 fully saturated rings. The standard InChI is InChI=1S/C19H24N4O2/c1-22-14-8-4-10-16(22)18(24)20-12-6-3-7-13-21-19(25)17-11-5-9-15-23(17)2/h4-5,8-11,14-15H,3,6-7,12-13H2,1-2H3/p+2. The number of aromatic nitrogens is 2. The minimum atomic E-state index is -0.0621. The Kier molecular flexibility index (Phi) is 7.07. The summed E-state index contributed by atoms with van der Waals surface area (Å²) in [6, 6.07) is 11.1. The van der Waals surface area contributed by atoms with Crippen LogP contribution in [0.2, 0.25) is 0 Å². The number of hydrogen-bond acceptors (Lipinski definition) is 2. The van der Waals surface area contributed by atoms with E-state index in [1.54, 1.807) is 21.3 Å². The smallest absolute Gasteiger partial charge is 0.316 e. The maximum atomic E-state index is 12.0. The van der Waals surface area contributed by atoms with Gasteiger partial charge in [0.25, 0.3) is 11.4 Å². The highest BCUT2D eigenvalue weighted by Crippen LogP contribution is 1.96. The molecular weight excluding hydrogens is 316 g/mol. The lowest BCUT2D eigenvalue weighted by Gasteiger charge is -2.05. The third-order valence-electron chi connectivity index (χ3n) is 4.00. The van der Waals surface area contributed by atoms with Gasteiger partial charge in [-0.05, 0) is 31.4 Å². The van der Waals surface area contributed by atoms with Crippen molar-refractivity contribution in [3.8, 4) is 0 Å². The van der Waals surface area contributed by atoms with E-state index in [0.29, 0.717) is 24.5 Å². The number of pyridine rings is 2. The van der Waals surface area contributed by atoms with E-state index in [9.17, 15) is 9.59 Å². The highest BCUT2D eigenvalue weighted by molar-refractivity contribution is 5.91. The van der Waals surface area contributed by atoms with Gasteiger partial charge in [0.15, 0.2) is 12.4 Å². The zero-order chi connectivity index (χ0) is 18.1. The molecule has 2 N–H and O–H groups in total. The number of nitrogens with zero attached hydrogens (tertiary/aromatic N) is 2. The van der Waals surface area contributed by atoms with Crippen molar-refractivity contribution in [3.05, 3.63) is 60.2 Å². The van der Waals surface area contributed by atoms with Crippen LogP contribution < -0.4 is 19.8 Å². The molecule has 6 nitrogen and oxygen atoms in total. The Balaban J connectivity index is 1.60. The molecule has 0 unspecified atom stereocenters. The van der Waals surface area contributed by atoms with Gasteiger partial charge >= 0.3 is 11.8 Å². The van der Waals surface area contributed by atoms with Crippen molar-refractivity contribution in [1.82, 2.24) is 10.6 Å². The first-order valence-electron chi connectivity index (χ1n) is 8.55. The zero-order valence-electron chi connectivity index (χ0n) is 14.9. The second-order valence-electron chi connectivity index (χ2n) is 5.97. The first kappa shape index (κ1) is 18.6. The lowest BCUT2D eigenvalue weighted by Crippen LogP contribution is -2.40. The van der Waals surface area contributed by atoms with E-state index >= 15 is 0 Å². The van der Waals surface area contributed by atoms with Gasteiger partial charge in [0.05, 0.1) is 0 Å². The third kappa shape index (κ3) is 5.67. The maximum absolute atomic E-state index is 12.0. The molecule has 0 aliphatic heterocycles. The molecule has 0 aliphatic carbocycles. The number of carbonyl (C=O) groups excluding carboxylic acids is 2. The van der Waals surface area contributed by atoms with E-state index in [2.05, 4.69) is 10.6 Å². The highest BCUT2D eigenvalue weighted by Gasteiger charge is 2.15. The largest absolute Gasteiger partial charge is 0.347 e. The average Bonchev–Trinajstić information content (AvgIpc) is 2.61. The Morgan fingerprint density at radius 2 is 1.20 bits per heavy atom. The molecule has 25 heavy (non-hydrogen) atoms. The predicted molar refractivity (Wildman–Crippen MR) is 93.8 cm³/mol. The van der Waals surface area contributed by atoms with Crippen molar-refractivity contribution >= 4 is 11.8 Å². The van der Waals surface area contributed by atoms with Crippen LogP contribution in [0.15, 0.2) is 48.8 Å². The topological polar surface area (TPSA) is 66.0 Å². The number of nitrogens with one attached hydrogen (secondary N) is 2. The van der Waals surface area contributed by atoms with Crippen LogP contribution in [0.5, 0.6) is 0 Å². The number of aryl methyl sites for hydroxylation is 2. The van der Waals surface area contributed by atoms with E-state index in [1.807, 2.05) is 50.8 Å². The lowest BCUT2D eigenvalue weighted by atomic mass is 10.2. The molecular formula is C19H26N4O2+2. The predicted octanol–water partition coefficient (Wildman–Crippen LogP) is 0.666. The van der Waals surface area contributed by atoms with Gasteiger partial charge in [-0.15, -0.1) is 0 Å². The van der Waals surface area contributed by atoms with E-state index < -0.39 is 0 Å². The molecule has 0 atom stereocenters. The number of carbonyl (C=O) groups is 2. The van der Waals surface area contributed by atoms with E-state index in [1.165, 1.54) is 0 Å². The molecule has 0 bridgehead atoms. The number of rotatable bonds is 8. The molecule has 2 aromatic heterocycles. The van der Waals surface area contributed by atoms with Crippen molar-refractivity contribution in [3.63, 3.8) is 0 Å². The Morgan fingerprint density at radius 1 is 0.760 bits per heavy atom. The summed E-state index contributed by atoms with van der Waals surface area (Å²) >= 11 is 0. The summed E-state index contributed by atoms with van der Waals surface area (Å²) in [7, 11) is 3.70. The second kappa shape index (κ2) is 9.52. The molecule has 0 saturated carbocycles. The Labute approximate surface area is 148 Å². The van der Waals surface area contributed by atoms with Crippen molar-refractivity contribution in [2.45, 2.75) is 19.3 Å². The zero-order valence-corrected chi connectivity index (χ0v) is 14.9. The average molecular weight is 342 g/mol. The molecule has 0 saturated heterocycles. The molecule has 0 aliphatic rings. The van der Waals surface area contributed by atoms with Crippen LogP contribution in [-0.4, -0.2) is 24.9 Å². The summed E-state index contributed by atoms with van der Waals surface area (Å²) in [6.45, 7) is 1.27. The fourth-order valence-corrected chi connectivity index (χ4v) is 2.53. The van der Waals surface area contributed by atoms with Crippen LogP contribution in [-0.2, 0) is 14.1 Å². The third-order valence-corrected chi connectivity index (χ3v) is 4.00.